The first-order valence-electron chi connectivity index (χ1n) is 11.1. The number of likely N-dealkylation sites (tertiary alicyclic amines) is 1. The van der Waals surface area contributed by atoms with Crippen LogP contribution in [0.1, 0.15) is 39.0 Å². The molecule has 0 spiro atoms. The van der Waals surface area contributed by atoms with Crippen molar-refractivity contribution in [2.75, 3.05) is 25.0 Å². The smallest absolute Gasteiger partial charge is 0.326 e. The number of rotatable bonds is 6. The number of unbranched alkanes of at least 4 members (excludes halogenated alkanes) is 1. The summed E-state index contributed by atoms with van der Waals surface area (Å²) in [7, 11) is 0. The van der Waals surface area contributed by atoms with Crippen LogP contribution >= 0.6 is 0 Å². The Bertz CT molecular complexity index is 896. The number of benzene rings is 1. The fourth-order valence-corrected chi connectivity index (χ4v) is 3.98. The minimum atomic E-state index is -0.162. The quantitative estimate of drug-likeness (QED) is 0.727. The third-order valence-corrected chi connectivity index (χ3v) is 5.83. The van der Waals surface area contributed by atoms with Crippen molar-refractivity contribution >= 4 is 17.6 Å². The number of carbonyl (C=O) groups excluding carboxylic acids is 2. The molecular weight excluding hydrogens is 392 g/mol. The molecular formula is C24H30N4O3. The van der Waals surface area contributed by atoms with Crippen LogP contribution in [0.3, 0.4) is 0 Å². The van der Waals surface area contributed by atoms with Crippen molar-refractivity contribution in [2.45, 2.75) is 45.1 Å². The minimum absolute atomic E-state index is 0.116. The van der Waals surface area contributed by atoms with Crippen LogP contribution in [0, 0.1) is 0 Å². The van der Waals surface area contributed by atoms with Gasteiger partial charge in [-0.2, -0.15) is 0 Å². The largest absolute Gasteiger partial charge is 0.490 e. The summed E-state index contributed by atoms with van der Waals surface area (Å²) in [4.78, 5) is 28.3. The van der Waals surface area contributed by atoms with Gasteiger partial charge in [-0.1, -0.05) is 13.3 Å². The topological polar surface area (TPSA) is 73.9 Å². The van der Waals surface area contributed by atoms with Crippen LogP contribution in [-0.4, -0.2) is 47.5 Å². The summed E-state index contributed by atoms with van der Waals surface area (Å²) in [6, 6.07) is 7.31. The Morgan fingerprint density at radius 3 is 2.68 bits per heavy atom. The molecule has 0 saturated carbocycles. The Morgan fingerprint density at radius 1 is 1.19 bits per heavy atom. The lowest BCUT2D eigenvalue weighted by atomic mass is 10.1. The molecule has 0 radical (unpaired) electrons. The second kappa shape index (κ2) is 9.73. The van der Waals surface area contributed by atoms with Gasteiger partial charge in [-0.15, -0.1) is 0 Å². The summed E-state index contributed by atoms with van der Waals surface area (Å²) in [5.74, 6) is 1.04. The SMILES string of the molecule is CCCCC(=O)N1CCC(Oc2ccc(NC(=O)N3C=C4C=CNC=C4C3)cc2)CC1. The van der Waals surface area contributed by atoms with Crippen molar-refractivity contribution in [3.8, 4) is 5.75 Å². The molecule has 1 aromatic rings. The number of amides is 3. The van der Waals surface area contributed by atoms with Crippen molar-refractivity contribution in [1.29, 1.82) is 0 Å². The molecule has 1 aromatic carbocycles. The van der Waals surface area contributed by atoms with E-state index in [-0.39, 0.29) is 18.0 Å². The van der Waals surface area contributed by atoms with Crippen molar-refractivity contribution in [3.63, 3.8) is 0 Å². The van der Waals surface area contributed by atoms with Gasteiger partial charge in [-0.3, -0.25) is 9.69 Å². The van der Waals surface area contributed by atoms with Gasteiger partial charge in [0.05, 0.1) is 6.54 Å². The number of ether oxygens (including phenoxy) is 1. The van der Waals surface area contributed by atoms with E-state index in [1.165, 1.54) is 0 Å². The Labute approximate surface area is 183 Å². The van der Waals surface area contributed by atoms with Gasteiger partial charge in [0.1, 0.15) is 11.9 Å². The molecule has 0 bridgehead atoms. The second-order valence-corrected chi connectivity index (χ2v) is 8.14. The fraction of sp³-hybridized carbons (Fsp3) is 0.417. The number of urea groups is 1. The third kappa shape index (κ3) is 5.29. The van der Waals surface area contributed by atoms with Crippen molar-refractivity contribution in [2.24, 2.45) is 0 Å². The first-order chi connectivity index (χ1) is 15.1. The van der Waals surface area contributed by atoms with Crippen LogP contribution in [0.25, 0.3) is 0 Å². The Kier molecular flexibility index (Phi) is 6.60. The summed E-state index contributed by atoms with van der Waals surface area (Å²) in [5.41, 5.74) is 2.87. The van der Waals surface area contributed by atoms with E-state index >= 15 is 0 Å². The average Bonchev–Trinajstić information content (AvgIpc) is 3.24. The maximum atomic E-state index is 12.5. The molecule has 1 fully saturated rings. The molecule has 1 saturated heterocycles. The normalized spacial score (nSPS) is 18.1. The molecule has 3 aliphatic heterocycles. The zero-order chi connectivity index (χ0) is 21.6. The minimum Gasteiger partial charge on any atom is -0.490 e. The Balaban J connectivity index is 1.24. The molecule has 2 N–H and O–H groups in total. The zero-order valence-corrected chi connectivity index (χ0v) is 18.0. The number of allylic oxidation sites excluding steroid dienone is 1. The third-order valence-electron chi connectivity index (χ3n) is 5.83. The molecule has 4 rings (SSSR count). The first-order valence-corrected chi connectivity index (χ1v) is 11.1. The highest BCUT2D eigenvalue weighted by atomic mass is 16.5. The monoisotopic (exact) mass is 422 g/mol. The molecule has 7 nitrogen and oxygen atoms in total. The predicted molar refractivity (Wildman–Crippen MR) is 120 cm³/mol. The highest BCUT2D eigenvalue weighted by Gasteiger charge is 2.24. The van der Waals surface area contributed by atoms with E-state index in [1.807, 2.05) is 53.8 Å². The summed E-state index contributed by atoms with van der Waals surface area (Å²) >= 11 is 0. The lowest BCUT2D eigenvalue weighted by Crippen LogP contribution is -2.41. The number of nitrogens with one attached hydrogen (secondary N) is 2. The number of piperidine rings is 1. The zero-order valence-electron chi connectivity index (χ0n) is 18.0. The molecule has 0 atom stereocenters. The van der Waals surface area contributed by atoms with E-state index in [0.29, 0.717) is 13.0 Å². The molecule has 0 unspecified atom stereocenters. The van der Waals surface area contributed by atoms with Crippen molar-refractivity contribution < 1.29 is 14.3 Å². The van der Waals surface area contributed by atoms with Crippen LogP contribution < -0.4 is 15.4 Å². The van der Waals surface area contributed by atoms with Crippen LogP contribution in [-0.2, 0) is 4.79 Å². The van der Waals surface area contributed by atoms with Gasteiger partial charge in [0.15, 0.2) is 0 Å². The molecule has 0 aromatic heterocycles. The maximum Gasteiger partial charge on any atom is 0.326 e. The number of fused-ring (bicyclic) bond motifs is 1. The number of hydrogen-bond acceptors (Lipinski definition) is 4. The van der Waals surface area contributed by atoms with Crippen molar-refractivity contribution in [3.05, 3.63) is 60.1 Å². The van der Waals surface area contributed by atoms with Crippen LogP contribution in [0.2, 0.25) is 0 Å². The lowest BCUT2D eigenvalue weighted by molar-refractivity contribution is -0.133. The fourth-order valence-electron chi connectivity index (χ4n) is 3.98. The lowest BCUT2D eigenvalue weighted by Gasteiger charge is -2.32. The van der Waals surface area contributed by atoms with Gasteiger partial charge in [0.25, 0.3) is 0 Å². The van der Waals surface area contributed by atoms with E-state index in [2.05, 4.69) is 17.6 Å². The predicted octanol–water partition coefficient (Wildman–Crippen LogP) is 3.98. The molecule has 7 heteroatoms. The number of anilines is 1. The highest BCUT2D eigenvalue weighted by Crippen LogP contribution is 2.25. The molecule has 3 aliphatic rings. The summed E-state index contributed by atoms with van der Waals surface area (Å²) in [5, 5.41) is 5.98. The van der Waals surface area contributed by atoms with Crippen LogP contribution in [0.5, 0.6) is 5.75 Å². The average molecular weight is 423 g/mol. The van der Waals surface area contributed by atoms with E-state index < -0.39 is 0 Å². The van der Waals surface area contributed by atoms with E-state index in [1.54, 1.807) is 4.90 Å². The number of nitrogens with zero attached hydrogens (tertiary/aromatic N) is 2. The molecule has 0 aliphatic carbocycles. The van der Waals surface area contributed by atoms with E-state index in [0.717, 1.165) is 61.4 Å². The number of hydrogen-bond donors (Lipinski definition) is 2. The first kappa shape index (κ1) is 21.0. The summed E-state index contributed by atoms with van der Waals surface area (Å²) < 4.78 is 6.10. The van der Waals surface area contributed by atoms with Crippen LogP contribution in [0.4, 0.5) is 10.5 Å². The van der Waals surface area contributed by atoms with Gasteiger partial charge >= 0.3 is 6.03 Å². The van der Waals surface area contributed by atoms with Crippen molar-refractivity contribution in [1.82, 2.24) is 15.1 Å². The molecule has 3 amide bonds. The highest BCUT2D eigenvalue weighted by molar-refractivity contribution is 5.91. The van der Waals surface area contributed by atoms with Crippen LogP contribution in [0.15, 0.2) is 60.1 Å². The Hall–Kier alpha value is -3.22. The number of dihydropyridines is 1. The molecule has 31 heavy (non-hydrogen) atoms. The summed E-state index contributed by atoms with van der Waals surface area (Å²) in [6.45, 7) is 4.17. The standard InChI is InChI=1S/C24H30N4O3/c1-2-3-4-23(29)27-13-10-22(11-14-27)31-21-7-5-20(6-8-21)26-24(30)28-16-18-9-12-25-15-19(18)17-28/h5-9,12,15-16,22,25H,2-4,10-11,13-14,17H2,1H3,(H,26,30). The van der Waals surface area contributed by atoms with Gasteiger partial charge in [0, 0.05) is 56.6 Å². The summed E-state index contributed by atoms with van der Waals surface area (Å²) in [6.07, 6.45) is 12.0. The molecule has 3 heterocycles. The van der Waals surface area contributed by atoms with Gasteiger partial charge in [-0.05, 0) is 47.9 Å². The van der Waals surface area contributed by atoms with E-state index in [9.17, 15) is 9.59 Å². The molecule has 164 valence electrons. The van der Waals surface area contributed by atoms with Gasteiger partial charge in [0.2, 0.25) is 5.91 Å². The van der Waals surface area contributed by atoms with Gasteiger partial charge < -0.3 is 20.3 Å². The Morgan fingerprint density at radius 2 is 1.97 bits per heavy atom. The second-order valence-electron chi connectivity index (χ2n) is 8.14. The maximum absolute atomic E-state index is 12.5. The van der Waals surface area contributed by atoms with E-state index in [4.69, 9.17) is 4.74 Å². The number of carbonyl (C=O) groups is 2. The van der Waals surface area contributed by atoms with Gasteiger partial charge in [-0.25, -0.2) is 4.79 Å².